The van der Waals surface area contributed by atoms with Gasteiger partial charge < -0.3 is 9.32 Å². The van der Waals surface area contributed by atoms with Crippen molar-refractivity contribution in [1.29, 1.82) is 0 Å². The molecule has 0 radical (unpaired) electrons. The van der Waals surface area contributed by atoms with Crippen LogP contribution in [0, 0.1) is 0 Å². The van der Waals surface area contributed by atoms with Gasteiger partial charge in [-0.15, -0.1) is 11.3 Å². The molecular formula is C52H33NOS. The molecular weight excluding hydrogens is 687 g/mol. The highest BCUT2D eigenvalue weighted by atomic mass is 32.1. The minimum atomic E-state index is 0.905. The van der Waals surface area contributed by atoms with E-state index in [1.165, 1.54) is 58.8 Å². The van der Waals surface area contributed by atoms with Gasteiger partial charge in [-0.2, -0.15) is 0 Å². The van der Waals surface area contributed by atoms with Crippen LogP contribution >= 0.6 is 11.3 Å². The molecule has 0 fully saturated rings. The van der Waals surface area contributed by atoms with Crippen LogP contribution in [-0.4, -0.2) is 0 Å². The van der Waals surface area contributed by atoms with Crippen LogP contribution in [0.2, 0.25) is 0 Å². The van der Waals surface area contributed by atoms with Gasteiger partial charge in [0.25, 0.3) is 0 Å². The number of furan rings is 1. The first-order chi connectivity index (χ1) is 27.3. The Bertz CT molecular complexity index is 3190. The second-order valence-electron chi connectivity index (χ2n) is 14.1. The quantitative estimate of drug-likeness (QED) is 0.170. The van der Waals surface area contributed by atoms with Crippen LogP contribution in [0.5, 0.6) is 0 Å². The molecule has 11 rings (SSSR count). The van der Waals surface area contributed by atoms with Gasteiger partial charge in [-0.3, -0.25) is 0 Å². The van der Waals surface area contributed by atoms with E-state index in [1.54, 1.807) is 0 Å². The maximum atomic E-state index is 6.25. The molecule has 2 heterocycles. The van der Waals surface area contributed by atoms with Crippen LogP contribution in [0.15, 0.2) is 205 Å². The van der Waals surface area contributed by atoms with Crippen molar-refractivity contribution in [3.63, 3.8) is 0 Å². The number of nitrogens with zero attached hydrogens (tertiary/aromatic N) is 1. The van der Waals surface area contributed by atoms with Crippen LogP contribution in [0.1, 0.15) is 0 Å². The Labute approximate surface area is 322 Å². The normalized spacial score (nSPS) is 11.6. The smallest absolute Gasteiger partial charge is 0.136 e. The molecule has 2 aromatic heterocycles. The minimum absolute atomic E-state index is 0.905. The fourth-order valence-electron chi connectivity index (χ4n) is 8.23. The molecule has 9 aromatic carbocycles. The molecule has 0 atom stereocenters. The first-order valence-electron chi connectivity index (χ1n) is 18.7. The molecule has 55 heavy (non-hydrogen) atoms. The fourth-order valence-corrected chi connectivity index (χ4v) is 9.57. The third-order valence-electron chi connectivity index (χ3n) is 10.9. The van der Waals surface area contributed by atoms with Gasteiger partial charge in [-0.1, -0.05) is 152 Å². The van der Waals surface area contributed by atoms with Crippen molar-refractivity contribution in [2.75, 3.05) is 4.90 Å². The Morgan fingerprint density at radius 2 is 0.945 bits per heavy atom. The van der Waals surface area contributed by atoms with Crippen molar-refractivity contribution in [2.45, 2.75) is 0 Å². The summed E-state index contributed by atoms with van der Waals surface area (Å²) in [5.41, 5.74) is 12.4. The molecule has 2 nitrogen and oxygen atoms in total. The predicted octanol–water partition coefficient (Wildman–Crippen LogP) is 15.6. The molecule has 0 aliphatic heterocycles. The lowest BCUT2D eigenvalue weighted by atomic mass is 9.98. The van der Waals surface area contributed by atoms with Crippen molar-refractivity contribution in [3.8, 4) is 33.4 Å². The van der Waals surface area contributed by atoms with Crippen LogP contribution < -0.4 is 4.90 Å². The zero-order valence-corrected chi connectivity index (χ0v) is 30.6. The molecule has 258 valence electrons. The van der Waals surface area contributed by atoms with E-state index >= 15 is 0 Å². The summed E-state index contributed by atoms with van der Waals surface area (Å²) in [7, 11) is 0. The van der Waals surface area contributed by atoms with Gasteiger partial charge in [0.05, 0.1) is 10.4 Å². The second kappa shape index (κ2) is 12.9. The fraction of sp³-hybridized carbons (Fsp3) is 0. The van der Waals surface area contributed by atoms with Gasteiger partial charge in [0.2, 0.25) is 0 Å². The molecule has 0 bridgehead atoms. The van der Waals surface area contributed by atoms with Crippen molar-refractivity contribution in [2.24, 2.45) is 0 Å². The molecule has 0 aliphatic rings. The van der Waals surface area contributed by atoms with Crippen LogP contribution in [0.4, 0.5) is 17.1 Å². The van der Waals surface area contributed by atoms with E-state index in [4.69, 9.17) is 4.42 Å². The summed E-state index contributed by atoms with van der Waals surface area (Å²) in [4.78, 5) is 2.42. The Kier molecular flexibility index (Phi) is 7.39. The maximum Gasteiger partial charge on any atom is 0.136 e. The Morgan fingerprint density at radius 1 is 0.364 bits per heavy atom. The number of thiophene rings is 1. The van der Waals surface area contributed by atoms with Crippen LogP contribution in [0.3, 0.4) is 0 Å². The van der Waals surface area contributed by atoms with E-state index in [1.807, 2.05) is 23.5 Å². The summed E-state index contributed by atoms with van der Waals surface area (Å²) >= 11 is 1.88. The zero-order chi connectivity index (χ0) is 36.3. The monoisotopic (exact) mass is 719 g/mol. The van der Waals surface area contributed by atoms with Gasteiger partial charge in [-0.05, 0) is 92.7 Å². The van der Waals surface area contributed by atoms with Crippen molar-refractivity contribution < 1.29 is 4.42 Å². The number of hydrogen-bond acceptors (Lipinski definition) is 3. The molecule has 0 N–H and O–H groups in total. The molecule has 0 saturated heterocycles. The van der Waals surface area contributed by atoms with Crippen LogP contribution in [-0.2, 0) is 0 Å². The Morgan fingerprint density at radius 3 is 1.76 bits per heavy atom. The number of para-hydroxylation sites is 1. The predicted molar refractivity (Wildman–Crippen MR) is 235 cm³/mol. The van der Waals surface area contributed by atoms with E-state index < -0.39 is 0 Å². The number of hydrogen-bond donors (Lipinski definition) is 0. The van der Waals surface area contributed by atoms with E-state index in [0.717, 1.165) is 44.6 Å². The lowest BCUT2D eigenvalue weighted by molar-refractivity contribution is 0.669. The second-order valence-corrected chi connectivity index (χ2v) is 15.1. The first kappa shape index (κ1) is 31.6. The largest absolute Gasteiger partial charge is 0.456 e. The highest BCUT2D eigenvalue weighted by Crippen LogP contribution is 2.47. The topological polar surface area (TPSA) is 16.4 Å². The average molecular weight is 720 g/mol. The third kappa shape index (κ3) is 5.32. The van der Waals surface area contributed by atoms with E-state index in [-0.39, 0.29) is 0 Å². The summed E-state index contributed by atoms with van der Waals surface area (Å²) in [6.45, 7) is 0. The minimum Gasteiger partial charge on any atom is -0.456 e. The van der Waals surface area contributed by atoms with Crippen LogP contribution in [0.25, 0.3) is 86.3 Å². The van der Waals surface area contributed by atoms with Crippen molar-refractivity contribution in [3.05, 3.63) is 200 Å². The SMILES string of the molecule is c1ccc(-c2cccc3c2sc2c(N(c4ccc(-c5ccc6ccccc6c5)cc4)c4ccc(-c5cccc6oc7ccccc7c56)cc4)cccc23)cc1. The molecule has 0 saturated carbocycles. The maximum absolute atomic E-state index is 6.25. The Hall–Kier alpha value is -6.94. The lowest BCUT2D eigenvalue weighted by Gasteiger charge is -2.26. The standard InChI is InChI=1S/C52H33NOS/c1-2-12-36(13-3-1)43-17-8-18-44-45-19-9-20-47(52(45)55-51(43)44)53(40-29-25-35(26-30-40)39-24-23-34-11-4-5-14-38(34)33-39)41-31-27-37(28-32-41)42-16-10-22-49-50(42)46-15-6-7-21-48(46)54-49/h1-33H. The number of rotatable bonds is 6. The first-order valence-corrected chi connectivity index (χ1v) is 19.5. The summed E-state index contributed by atoms with van der Waals surface area (Å²) < 4.78 is 8.82. The zero-order valence-electron chi connectivity index (χ0n) is 29.8. The summed E-state index contributed by atoms with van der Waals surface area (Å²) in [6.07, 6.45) is 0. The summed E-state index contributed by atoms with van der Waals surface area (Å²) in [5, 5.41) is 7.33. The highest BCUT2D eigenvalue weighted by molar-refractivity contribution is 7.27. The molecule has 0 unspecified atom stereocenters. The molecule has 3 heteroatoms. The number of fused-ring (bicyclic) bond motifs is 7. The van der Waals surface area contributed by atoms with E-state index in [0.29, 0.717) is 0 Å². The lowest BCUT2D eigenvalue weighted by Crippen LogP contribution is -2.10. The summed E-state index contributed by atoms with van der Waals surface area (Å²) in [5.74, 6) is 0. The third-order valence-corrected chi connectivity index (χ3v) is 12.2. The average Bonchev–Trinajstić information content (AvgIpc) is 3.84. The Balaban J connectivity index is 1.07. The molecule has 0 aliphatic carbocycles. The molecule has 11 aromatic rings. The van der Waals surface area contributed by atoms with Gasteiger partial charge >= 0.3 is 0 Å². The van der Waals surface area contributed by atoms with Gasteiger partial charge in [-0.25, -0.2) is 0 Å². The van der Waals surface area contributed by atoms with E-state index in [2.05, 4.69) is 193 Å². The van der Waals surface area contributed by atoms with E-state index in [9.17, 15) is 0 Å². The highest BCUT2D eigenvalue weighted by Gasteiger charge is 2.20. The number of benzene rings is 9. The summed E-state index contributed by atoms with van der Waals surface area (Å²) in [6, 6.07) is 72.2. The molecule has 0 spiro atoms. The van der Waals surface area contributed by atoms with Crippen molar-refractivity contribution in [1.82, 2.24) is 0 Å². The molecule has 0 amide bonds. The van der Waals surface area contributed by atoms with Crippen molar-refractivity contribution >= 4 is 81.3 Å². The van der Waals surface area contributed by atoms with Gasteiger partial charge in [0, 0.05) is 37.6 Å². The number of anilines is 3. The van der Waals surface area contributed by atoms with Gasteiger partial charge in [0.15, 0.2) is 0 Å². The van der Waals surface area contributed by atoms with Gasteiger partial charge in [0.1, 0.15) is 11.2 Å².